The summed E-state index contributed by atoms with van der Waals surface area (Å²) in [6, 6.07) is 0. The van der Waals surface area contributed by atoms with E-state index in [1.165, 1.54) is 0 Å². The Kier molecular flexibility index (Phi) is 6.28. The maximum Gasteiger partial charge on any atom is 0.303 e. The number of ether oxygens (including phenoxy) is 1. The summed E-state index contributed by atoms with van der Waals surface area (Å²) in [7, 11) is 0. The largest absolute Gasteiger partial charge is 0.481 e. The SMILES string of the molecule is CC(C)(CCC(=O)O)NC(=O)CCC1CCOCC1. The third kappa shape index (κ3) is 7.15. The van der Waals surface area contributed by atoms with Crippen molar-refractivity contribution >= 4 is 11.9 Å². The fourth-order valence-corrected chi connectivity index (χ4v) is 2.29. The van der Waals surface area contributed by atoms with Crippen molar-refractivity contribution in [1.29, 1.82) is 0 Å². The summed E-state index contributed by atoms with van der Waals surface area (Å²) in [5.41, 5.74) is -0.453. The summed E-state index contributed by atoms with van der Waals surface area (Å²) < 4.78 is 5.29. The fraction of sp³-hybridized carbons (Fsp3) is 0.857. The van der Waals surface area contributed by atoms with E-state index in [0.717, 1.165) is 32.5 Å². The molecule has 0 aliphatic carbocycles. The lowest BCUT2D eigenvalue weighted by atomic mass is 9.94. The Hall–Kier alpha value is -1.10. The molecule has 0 radical (unpaired) electrons. The molecule has 19 heavy (non-hydrogen) atoms. The minimum atomic E-state index is -0.829. The monoisotopic (exact) mass is 271 g/mol. The zero-order valence-corrected chi connectivity index (χ0v) is 11.9. The quantitative estimate of drug-likeness (QED) is 0.742. The van der Waals surface area contributed by atoms with Crippen molar-refractivity contribution in [3.8, 4) is 0 Å². The Labute approximate surface area is 114 Å². The average molecular weight is 271 g/mol. The highest BCUT2D eigenvalue weighted by Gasteiger charge is 2.22. The molecule has 1 amide bonds. The summed E-state index contributed by atoms with van der Waals surface area (Å²) in [6.45, 7) is 5.33. The molecule has 110 valence electrons. The van der Waals surface area contributed by atoms with Crippen LogP contribution in [0.5, 0.6) is 0 Å². The molecule has 0 saturated carbocycles. The van der Waals surface area contributed by atoms with Gasteiger partial charge in [0, 0.05) is 31.6 Å². The Morgan fingerprint density at radius 3 is 2.47 bits per heavy atom. The van der Waals surface area contributed by atoms with Crippen molar-refractivity contribution in [2.24, 2.45) is 5.92 Å². The van der Waals surface area contributed by atoms with Crippen LogP contribution in [0.15, 0.2) is 0 Å². The van der Waals surface area contributed by atoms with Crippen LogP contribution in [0.25, 0.3) is 0 Å². The van der Waals surface area contributed by atoms with Gasteiger partial charge in [-0.05, 0) is 45.4 Å². The van der Waals surface area contributed by atoms with E-state index < -0.39 is 11.5 Å². The van der Waals surface area contributed by atoms with Gasteiger partial charge in [-0.25, -0.2) is 0 Å². The molecule has 2 N–H and O–H groups in total. The van der Waals surface area contributed by atoms with Crippen molar-refractivity contribution in [2.75, 3.05) is 13.2 Å². The van der Waals surface area contributed by atoms with E-state index in [4.69, 9.17) is 9.84 Å². The number of nitrogens with one attached hydrogen (secondary N) is 1. The van der Waals surface area contributed by atoms with Gasteiger partial charge < -0.3 is 15.2 Å². The first-order valence-electron chi connectivity index (χ1n) is 6.99. The maximum atomic E-state index is 11.9. The van der Waals surface area contributed by atoms with Gasteiger partial charge in [0.1, 0.15) is 0 Å². The molecule has 0 aromatic carbocycles. The third-order valence-electron chi connectivity index (χ3n) is 3.56. The highest BCUT2D eigenvalue weighted by molar-refractivity contribution is 5.76. The van der Waals surface area contributed by atoms with Crippen LogP contribution in [0, 0.1) is 5.92 Å². The van der Waals surface area contributed by atoms with Crippen molar-refractivity contribution in [1.82, 2.24) is 5.32 Å². The minimum absolute atomic E-state index is 0.0156. The molecular formula is C14H25NO4. The molecule has 0 atom stereocenters. The van der Waals surface area contributed by atoms with E-state index in [1.54, 1.807) is 0 Å². The summed E-state index contributed by atoms with van der Waals surface area (Å²) >= 11 is 0. The number of amides is 1. The number of carbonyl (C=O) groups is 2. The predicted molar refractivity (Wildman–Crippen MR) is 71.9 cm³/mol. The van der Waals surface area contributed by atoms with Crippen molar-refractivity contribution < 1.29 is 19.4 Å². The predicted octanol–water partition coefficient (Wildman–Crippen LogP) is 1.95. The molecule has 0 unspecified atom stereocenters. The molecule has 0 aromatic heterocycles. The van der Waals surface area contributed by atoms with Gasteiger partial charge >= 0.3 is 5.97 Å². The lowest BCUT2D eigenvalue weighted by molar-refractivity contribution is -0.137. The van der Waals surface area contributed by atoms with Crippen LogP contribution in [-0.2, 0) is 14.3 Å². The number of rotatable bonds is 7. The molecule has 1 rings (SSSR count). The Balaban J connectivity index is 2.23. The van der Waals surface area contributed by atoms with Crippen LogP contribution < -0.4 is 5.32 Å². The first kappa shape index (κ1) is 16.0. The van der Waals surface area contributed by atoms with E-state index >= 15 is 0 Å². The van der Waals surface area contributed by atoms with Crippen molar-refractivity contribution in [2.45, 2.75) is 57.9 Å². The standard InChI is InChI=1S/C14H25NO4/c1-14(2,8-5-13(17)18)15-12(16)4-3-11-6-9-19-10-7-11/h11H,3-10H2,1-2H3,(H,15,16)(H,17,18). The smallest absolute Gasteiger partial charge is 0.303 e. The second-order valence-corrected chi connectivity index (χ2v) is 5.92. The van der Waals surface area contributed by atoms with Crippen LogP contribution in [0.4, 0.5) is 0 Å². The van der Waals surface area contributed by atoms with Gasteiger partial charge in [0.25, 0.3) is 0 Å². The van der Waals surface area contributed by atoms with E-state index in [1.807, 2.05) is 13.8 Å². The van der Waals surface area contributed by atoms with Crippen LogP contribution in [0.1, 0.15) is 52.4 Å². The summed E-state index contributed by atoms with van der Waals surface area (Å²) in [6.07, 6.45) is 4.01. The third-order valence-corrected chi connectivity index (χ3v) is 3.56. The van der Waals surface area contributed by atoms with Crippen LogP contribution in [0.3, 0.4) is 0 Å². The Morgan fingerprint density at radius 2 is 1.89 bits per heavy atom. The molecule has 0 bridgehead atoms. The maximum absolute atomic E-state index is 11.9. The van der Waals surface area contributed by atoms with Crippen LogP contribution in [0.2, 0.25) is 0 Å². The topological polar surface area (TPSA) is 75.6 Å². The molecule has 1 aliphatic heterocycles. The van der Waals surface area contributed by atoms with Gasteiger partial charge in [-0.1, -0.05) is 0 Å². The number of hydrogen-bond acceptors (Lipinski definition) is 3. The molecular weight excluding hydrogens is 246 g/mol. The zero-order chi connectivity index (χ0) is 14.3. The molecule has 0 aromatic rings. The van der Waals surface area contributed by atoms with Crippen molar-refractivity contribution in [3.63, 3.8) is 0 Å². The Bertz CT molecular complexity index is 309. The highest BCUT2D eigenvalue weighted by Crippen LogP contribution is 2.20. The summed E-state index contributed by atoms with van der Waals surface area (Å²) in [4.78, 5) is 22.4. The van der Waals surface area contributed by atoms with E-state index in [2.05, 4.69) is 5.32 Å². The van der Waals surface area contributed by atoms with Gasteiger partial charge in [-0.15, -0.1) is 0 Å². The second-order valence-electron chi connectivity index (χ2n) is 5.92. The number of carbonyl (C=O) groups excluding carboxylic acids is 1. The number of aliphatic carboxylic acids is 1. The first-order valence-corrected chi connectivity index (χ1v) is 6.99. The van der Waals surface area contributed by atoms with Gasteiger partial charge in [0.05, 0.1) is 0 Å². The number of carboxylic acid groups (broad SMARTS) is 1. The van der Waals surface area contributed by atoms with Gasteiger partial charge in [0.2, 0.25) is 5.91 Å². The number of hydrogen-bond donors (Lipinski definition) is 2. The molecule has 5 nitrogen and oxygen atoms in total. The van der Waals surface area contributed by atoms with Crippen LogP contribution >= 0.6 is 0 Å². The van der Waals surface area contributed by atoms with E-state index in [9.17, 15) is 9.59 Å². The average Bonchev–Trinajstić information content (AvgIpc) is 2.35. The second kappa shape index (κ2) is 7.48. The normalized spacial score (nSPS) is 17.2. The van der Waals surface area contributed by atoms with Crippen molar-refractivity contribution in [3.05, 3.63) is 0 Å². The highest BCUT2D eigenvalue weighted by atomic mass is 16.5. The molecule has 0 spiro atoms. The van der Waals surface area contributed by atoms with Crippen LogP contribution in [-0.4, -0.2) is 35.7 Å². The lowest BCUT2D eigenvalue weighted by Crippen LogP contribution is -2.43. The fourth-order valence-electron chi connectivity index (χ4n) is 2.29. The van der Waals surface area contributed by atoms with Gasteiger partial charge in [-0.3, -0.25) is 9.59 Å². The molecule has 1 fully saturated rings. The summed E-state index contributed by atoms with van der Waals surface area (Å²) in [5.74, 6) is -0.229. The zero-order valence-electron chi connectivity index (χ0n) is 11.9. The molecule has 1 saturated heterocycles. The molecule has 5 heteroatoms. The van der Waals surface area contributed by atoms with Gasteiger partial charge in [0.15, 0.2) is 0 Å². The molecule has 1 heterocycles. The van der Waals surface area contributed by atoms with E-state index in [0.29, 0.717) is 18.8 Å². The van der Waals surface area contributed by atoms with E-state index in [-0.39, 0.29) is 12.3 Å². The summed E-state index contributed by atoms with van der Waals surface area (Å²) in [5, 5.41) is 11.6. The van der Waals surface area contributed by atoms with Gasteiger partial charge in [-0.2, -0.15) is 0 Å². The Morgan fingerprint density at radius 1 is 1.26 bits per heavy atom. The minimum Gasteiger partial charge on any atom is -0.481 e. The number of carboxylic acids is 1. The molecule has 1 aliphatic rings. The first-order chi connectivity index (χ1) is 8.89. The lowest BCUT2D eigenvalue weighted by Gasteiger charge is -2.27.